The molecule has 1 amide bonds. The molecule has 5 nitrogen and oxygen atoms in total. The molecule has 0 aliphatic carbocycles. The van der Waals surface area contributed by atoms with Gasteiger partial charge in [-0.25, -0.2) is 4.79 Å². The first kappa shape index (κ1) is 16.6. The molecule has 1 aliphatic heterocycles. The van der Waals surface area contributed by atoms with Crippen LogP contribution >= 0.6 is 0 Å². The number of methoxy groups -OCH3 is 1. The number of amides is 1. The third-order valence-corrected chi connectivity index (χ3v) is 3.61. The molecular weight excluding hydrogens is 282 g/mol. The van der Waals surface area contributed by atoms with Crippen molar-refractivity contribution in [1.82, 2.24) is 4.90 Å². The van der Waals surface area contributed by atoms with Crippen molar-refractivity contribution in [2.24, 2.45) is 0 Å². The number of hydrogen-bond acceptors (Lipinski definition) is 4. The smallest absolute Gasteiger partial charge is 0.410 e. The quantitative estimate of drug-likeness (QED) is 0.838. The van der Waals surface area contributed by atoms with Crippen LogP contribution in [0.5, 0.6) is 5.75 Å². The molecule has 0 unspecified atom stereocenters. The first-order valence-electron chi connectivity index (χ1n) is 7.54. The lowest BCUT2D eigenvalue weighted by Gasteiger charge is -2.32. The van der Waals surface area contributed by atoms with Gasteiger partial charge in [-0.15, -0.1) is 0 Å². The Morgan fingerprint density at radius 2 is 1.95 bits per heavy atom. The SMILES string of the molecule is COc1ccc(CN2C(=O)OC[C@@H]2[C@H](C)OC(C)(C)C)cc1. The molecule has 1 aromatic carbocycles. The minimum absolute atomic E-state index is 0.0752. The molecular formula is C17H25NO4. The second-order valence-corrected chi connectivity index (χ2v) is 6.56. The maximum atomic E-state index is 12.0. The van der Waals surface area contributed by atoms with Gasteiger partial charge in [0.1, 0.15) is 12.4 Å². The Labute approximate surface area is 132 Å². The van der Waals surface area contributed by atoms with Gasteiger partial charge in [-0.2, -0.15) is 0 Å². The summed E-state index contributed by atoms with van der Waals surface area (Å²) < 4.78 is 16.3. The van der Waals surface area contributed by atoms with E-state index < -0.39 is 0 Å². The number of cyclic esters (lactones) is 1. The van der Waals surface area contributed by atoms with Gasteiger partial charge >= 0.3 is 6.09 Å². The van der Waals surface area contributed by atoms with E-state index in [1.165, 1.54) is 0 Å². The zero-order chi connectivity index (χ0) is 16.3. The van der Waals surface area contributed by atoms with Crippen LogP contribution in [-0.2, 0) is 16.0 Å². The standard InChI is InChI=1S/C17H25NO4/c1-12(22-17(2,3)4)15-11-21-16(19)18(15)10-13-6-8-14(20-5)9-7-13/h6-9,12,15H,10-11H2,1-5H3/t12-,15+/m0/s1. The minimum Gasteiger partial charge on any atom is -0.497 e. The number of carbonyl (C=O) groups excluding carboxylic acids is 1. The molecule has 0 bridgehead atoms. The van der Waals surface area contributed by atoms with E-state index in [1.807, 2.05) is 52.0 Å². The molecule has 1 saturated heterocycles. The molecule has 0 N–H and O–H groups in total. The minimum atomic E-state index is -0.287. The summed E-state index contributed by atoms with van der Waals surface area (Å²) in [6.45, 7) is 8.88. The van der Waals surface area contributed by atoms with Crippen molar-refractivity contribution in [2.45, 2.75) is 52.0 Å². The summed E-state index contributed by atoms with van der Waals surface area (Å²) >= 11 is 0. The van der Waals surface area contributed by atoms with Gasteiger partial charge in [0.15, 0.2) is 0 Å². The molecule has 1 aliphatic rings. The van der Waals surface area contributed by atoms with Crippen LogP contribution in [0.4, 0.5) is 4.79 Å². The summed E-state index contributed by atoms with van der Waals surface area (Å²) in [5.41, 5.74) is 0.782. The van der Waals surface area contributed by atoms with Gasteiger partial charge in [0.25, 0.3) is 0 Å². The number of nitrogens with zero attached hydrogens (tertiary/aromatic N) is 1. The second-order valence-electron chi connectivity index (χ2n) is 6.56. The van der Waals surface area contributed by atoms with Gasteiger partial charge < -0.3 is 14.2 Å². The molecule has 22 heavy (non-hydrogen) atoms. The predicted octanol–water partition coefficient (Wildman–Crippen LogP) is 3.22. The van der Waals surface area contributed by atoms with Crippen molar-refractivity contribution in [3.63, 3.8) is 0 Å². The molecule has 0 aromatic heterocycles. The first-order valence-corrected chi connectivity index (χ1v) is 7.54. The lowest BCUT2D eigenvalue weighted by molar-refractivity contribution is -0.0774. The van der Waals surface area contributed by atoms with E-state index >= 15 is 0 Å². The Morgan fingerprint density at radius 3 is 2.50 bits per heavy atom. The topological polar surface area (TPSA) is 48.0 Å². The summed E-state index contributed by atoms with van der Waals surface area (Å²) in [6.07, 6.45) is -0.380. The van der Waals surface area contributed by atoms with Crippen molar-refractivity contribution in [3.8, 4) is 5.75 Å². The van der Waals surface area contributed by atoms with E-state index in [4.69, 9.17) is 14.2 Å². The summed E-state index contributed by atoms with van der Waals surface area (Å²) in [5.74, 6) is 0.800. The Morgan fingerprint density at radius 1 is 1.32 bits per heavy atom. The lowest BCUT2D eigenvalue weighted by Crippen LogP contribution is -2.44. The highest BCUT2D eigenvalue weighted by atomic mass is 16.6. The van der Waals surface area contributed by atoms with Crippen molar-refractivity contribution < 1.29 is 19.0 Å². The van der Waals surface area contributed by atoms with E-state index in [1.54, 1.807) is 12.0 Å². The molecule has 1 heterocycles. The number of carbonyl (C=O) groups is 1. The van der Waals surface area contributed by atoms with Gasteiger partial charge in [-0.3, -0.25) is 4.90 Å². The van der Waals surface area contributed by atoms with Crippen molar-refractivity contribution in [3.05, 3.63) is 29.8 Å². The van der Waals surface area contributed by atoms with Crippen molar-refractivity contribution in [2.75, 3.05) is 13.7 Å². The maximum Gasteiger partial charge on any atom is 0.410 e. The van der Waals surface area contributed by atoms with E-state index in [0.29, 0.717) is 13.2 Å². The molecule has 2 atom stereocenters. The van der Waals surface area contributed by atoms with Gasteiger partial charge in [-0.1, -0.05) is 12.1 Å². The summed E-state index contributed by atoms with van der Waals surface area (Å²) in [7, 11) is 1.63. The molecule has 1 aromatic rings. The van der Waals surface area contributed by atoms with Gasteiger partial charge in [0, 0.05) is 6.54 Å². The lowest BCUT2D eigenvalue weighted by atomic mass is 10.1. The van der Waals surface area contributed by atoms with Crippen molar-refractivity contribution in [1.29, 1.82) is 0 Å². The maximum absolute atomic E-state index is 12.0. The average Bonchev–Trinajstić information content (AvgIpc) is 2.79. The number of benzene rings is 1. The van der Waals surface area contributed by atoms with Gasteiger partial charge in [0.2, 0.25) is 0 Å². The molecule has 1 fully saturated rings. The predicted molar refractivity (Wildman–Crippen MR) is 84.0 cm³/mol. The van der Waals surface area contributed by atoms with Crippen LogP contribution in [-0.4, -0.2) is 42.5 Å². The van der Waals surface area contributed by atoms with E-state index in [2.05, 4.69) is 0 Å². The normalized spacial score (nSPS) is 20.0. The highest BCUT2D eigenvalue weighted by Gasteiger charge is 2.38. The Hall–Kier alpha value is -1.75. The largest absolute Gasteiger partial charge is 0.497 e. The van der Waals surface area contributed by atoms with Crippen LogP contribution in [0.25, 0.3) is 0 Å². The second kappa shape index (κ2) is 6.57. The fourth-order valence-electron chi connectivity index (χ4n) is 2.60. The van der Waals surface area contributed by atoms with E-state index in [9.17, 15) is 4.79 Å². The highest BCUT2D eigenvalue weighted by Crippen LogP contribution is 2.24. The van der Waals surface area contributed by atoms with Crippen LogP contribution in [0.3, 0.4) is 0 Å². The van der Waals surface area contributed by atoms with Gasteiger partial charge in [-0.05, 0) is 45.4 Å². The fraction of sp³-hybridized carbons (Fsp3) is 0.588. The molecule has 5 heteroatoms. The Balaban J connectivity index is 2.07. The third kappa shape index (κ3) is 4.13. The first-order chi connectivity index (χ1) is 10.3. The van der Waals surface area contributed by atoms with E-state index in [-0.39, 0.29) is 23.8 Å². The van der Waals surface area contributed by atoms with Crippen LogP contribution in [0.1, 0.15) is 33.3 Å². The zero-order valence-electron chi connectivity index (χ0n) is 14.0. The summed E-state index contributed by atoms with van der Waals surface area (Å²) in [4.78, 5) is 13.7. The van der Waals surface area contributed by atoms with Crippen LogP contribution in [0.15, 0.2) is 24.3 Å². The number of rotatable bonds is 5. The number of hydrogen-bond donors (Lipinski definition) is 0. The molecule has 2 rings (SSSR count). The Bertz CT molecular complexity index is 506. The average molecular weight is 307 g/mol. The fourth-order valence-corrected chi connectivity index (χ4v) is 2.60. The van der Waals surface area contributed by atoms with Crippen LogP contribution in [0.2, 0.25) is 0 Å². The zero-order valence-corrected chi connectivity index (χ0v) is 14.0. The molecule has 0 spiro atoms. The van der Waals surface area contributed by atoms with Crippen LogP contribution in [0, 0.1) is 0 Å². The monoisotopic (exact) mass is 307 g/mol. The highest BCUT2D eigenvalue weighted by molar-refractivity contribution is 5.70. The summed E-state index contributed by atoms with van der Waals surface area (Å²) in [5, 5.41) is 0. The molecule has 122 valence electrons. The summed E-state index contributed by atoms with van der Waals surface area (Å²) in [6, 6.07) is 7.61. The van der Waals surface area contributed by atoms with Gasteiger partial charge in [0.05, 0.1) is 24.9 Å². The number of ether oxygens (including phenoxy) is 3. The van der Waals surface area contributed by atoms with Crippen LogP contribution < -0.4 is 4.74 Å². The molecule has 0 saturated carbocycles. The molecule has 0 radical (unpaired) electrons. The van der Waals surface area contributed by atoms with Crippen molar-refractivity contribution >= 4 is 6.09 Å². The van der Waals surface area contributed by atoms with E-state index in [0.717, 1.165) is 11.3 Å². The third-order valence-electron chi connectivity index (χ3n) is 3.61. The Kier molecular flexibility index (Phi) is 4.96.